The predicted molar refractivity (Wildman–Crippen MR) is 218 cm³/mol. The minimum atomic E-state index is -1.00. The minimum Gasteiger partial charge on any atom is -0.342 e. The Bertz CT molecular complexity index is 1690. The number of carbonyl (C=O) groups excluding carboxylic acids is 5. The lowest BCUT2D eigenvalue weighted by atomic mass is 9.93. The number of carbonyl (C=O) groups is 5. The molecule has 5 amide bonds. The van der Waals surface area contributed by atoms with Gasteiger partial charge in [-0.15, -0.1) is 11.3 Å². The molecule has 12 nitrogen and oxygen atoms in total. The van der Waals surface area contributed by atoms with Crippen molar-refractivity contribution < 1.29 is 24.0 Å². The van der Waals surface area contributed by atoms with Gasteiger partial charge in [0.1, 0.15) is 29.2 Å². The van der Waals surface area contributed by atoms with Gasteiger partial charge in [-0.25, -0.2) is 4.98 Å². The Hall–Kier alpha value is -4.62. The molecule has 0 fully saturated rings. The van der Waals surface area contributed by atoms with Crippen LogP contribution < -0.4 is 11.1 Å². The summed E-state index contributed by atoms with van der Waals surface area (Å²) >= 11 is 1.45. The molecule has 0 saturated carbocycles. The molecule has 1 aromatic heterocycles. The van der Waals surface area contributed by atoms with Crippen molar-refractivity contribution in [2.75, 3.05) is 28.2 Å². The molecule has 55 heavy (non-hydrogen) atoms. The smallest absolute Gasteiger partial charge is 0.246 e. The number of nitrogens with zero attached hydrogens (tertiary/aromatic N) is 5. The molecular formula is C42H61N7O5S. The first-order chi connectivity index (χ1) is 26.0. The predicted octanol–water partition coefficient (Wildman–Crippen LogP) is 4.24. The van der Waals surface area contributed by atoms with Crippen molar-refractivity contribution in [2.24, 2.45) is 23.5 Å². The summed E-state index contributed by atoms with van der Waals surface area (Å²) in [5.74, 6) is -2.89. The van der Waals surface area contributed by atoms with Gasteiger partial charge in [-0.05, 0) is 35.3 Å². The fraction of sp³-hybridized carbons (Fsp3) is 0.524. The molecule has 0 bridgehead atoms. The number of benzene rings is 2. The van der Waals surface area contributed by atoms with Crippen LogP contribution in [0.25, 0.3) is 0 Å². The number of likely N-dealkylation sites (N-methyl/N-ethyl adjacent to an activating group) is 4. The standard InChI is InChI=1S/C42H61N7O5S/c1-11-29(6)37(42(54)47(8)33(25-31-20-16-13-17-21-31)40(52)46(7)26-34-44-22-23-55-34)49(10)41(53)35(27(2)3)45-38(50)36(28(4)5)48(9)39(51)32(43)24-30-18-14-12-15-19-30/h12-23,27-29,32-33,35-37H,11,24-26,43H2,1-10H3,(H,45,50)/t29-,32-,33-,35-,36+,37-/m0/s1. The summed E-state index contributed by atoms with van der Waals surface area (Å²) in [5, 5.41) is 5.56. The number of rotatable bonds is 19. The first-order valence-corrected chi connectivity index (χ1v) is 19.9. The second-order valence-corrected chi connectivity index (χ2v) is 16.2. The van der Waals surface area contributed by atoms with Crippen molar-refractivity contribution in [3.05, 3.63) is 88.4 Å². The van der Waals surface area contributed by atoms with E-state index in [1.165, 1.54) is 26.0 Å². The van der Waals surface area contributed by atoms with Crippen LogP contribution in [0.4, 0.5) is 0 Å². The largest absolute Gasteiger partial charge is 0.342 e. The van der Waals surface area contributed by atoms with Crippen molar-refractivity contribution in [2.45, 2.75) is 97.6 Å². The van der Waals surface area contributed by atoms with Crippen molar-refractivity contribution >= 4 is 40.9 Å². The molecule has 0 aliphatic carbocycles. The topological polar surface area (TPSA) is 149 Å². The molecule has 0 unspecified atom stereocenters. The van der Waals surface area contributed by atoms with E-state index in [1.807, 2.05) is 108 Å². The van der Waals surface area contributed by atoms with E-state index in [4.69, 9.17) is 5.73 Å². The van der Waals surface area contributed by atoms with Gasteiger partial charge in [-0.2, -0.15) is 0 Å². The molecule has 3 N–H and O–H groups in total. The van der Waals surface area contributed by atoms with E-state index in [2.05, 4.69) is 10.3 Å². The lowest BCUT2D eigenvalue weighted by Crippen LogP contribution is -2.62. The normalized spacial score (nSPS) is 14.6. The maximum absolute atomic E-state index is 14.6. The first kappa shape index (κ1) is 44.8. The number of nitrogens with one attached hydrogen (secondary N) is 1. The van der Waals surface area contributed by atoms with Crippen LogP contribution in [0, 0.1) is 17.8 Å². The van der Waals surface area contributed by atoms with E-state index in [9.17, 15) is 24.0 Å². The molecule has 300 valence electrons. The summed E-state index contributed by atoms with van der Waals surface area (Å²) < 4.78 is 0. The van der Waals surface area contributed by atoms with Gasteiger partial charge in [-0.3, -0.25) is 24.0 Å². The Balaban J connectivity index is 1.87. The zero-order valence-electron chi connectivity index (χ0n) is 34.1. The van der Waals surface area contributed by atoms with E-state index in [0.717, 1.165) is 16.1 Å². The Morgan fingerprint density at radius 3 is 1.75 bits per heavy atom. The van der Waals surface area contributed by atoms with Crippen LogP contribution in [0.2, 0.25) is 0 Å². The Labute approximate surface area is 331 Å². The molecule has 0 spiro atoms. The monoisotopic (exact) mass is 775 g/mol. The Morgan fingerprint density at radius 2 is 1.25 bits per heavy atom. The average molecular weight is 776 g/mol. The second kappa shape index (κ2) is 20.9. The highest BCUT2D eigenvalue weighted by atomic mass is 32.1. The van der Waals surface area contributed by atoms with Crippen LogP contribution in [-0.4, -0.2) is 113 Å². The highest BCUT2D eigenvalue weighted by Gasteiger charge is 2.42. The number of amides is 5. The highest BCUT2D eigenvalue weighted by Crippen LogP contribution is 2.23. The van der Waals surface area contributed by atoms with Crippen molar-refractivity contribution in [3.8, 4) is 0 Å². The van der Waals surface area contributed by atoms with Gasteiger partial charge in [0.15, 0.2) is 0 Å². The van der Waals surface area contributed by atoms with Gasteiger partial charge in [0, 0.05) is 46.2 Å². The quantitative estimate of drug-likeness (QED) is 0.185. The van der Waals surface area contributed by atoms with E-state index < -0.39 is 42.0 Å². The molecule has 1 heterocycles. The lowest BCUT2D eigenvalue weighted by molar-refractivity contribution is -0.153. The summed E-state index contributed by atoms with van der Waals surface area (Å²) in [6.45, 7) is 11.5. The first-order valence-electron chi connectivity index (χ1n) is 19.1. The molecular weight excluding hydrogens is 715 g/mol. The third kappa shape index (κ3) is 11.9. The van der Waals surface area contributed by atoms with Gasteiger partial charge in [0.2, 0.25) is 29.5 Å². The van der Waals surface area contributed by atoms with Crippen LogP contribution in [0.5, 0.6) is 0 Å². The highest BCUT2D eigenvalue weighted by molar-refractivity contribution is 7.09. The van der Waals surface area contributed by atoms with Crippen molar-refractivity contribution in [1.29, 1.82) is 0 Å². The maximum atomic E-state index is 14.6. The Morgan fingerprint density at radius 1 is 0.709 bits per heavy atom. The molecule has 6 atom stereocenters. The SMILES string of the molecule is CC[C@H](C)[C@@H](C(=O)N(C)[C@@H](Cc1ccccc1)C(=O)N(C)Cc1nccs1)N(C)C(=O)[C@@H](NC(=O)[C@@H](C(C)C)N(C)C(=O)[C@@H](N)Cc1ccccc1)C(C)C. The summed E-state index contributed by atoms with van der Waals surface area (Å²) in [5.41, 5.74) is 8.13. The Kier molecular flexibility index (Phi) is 17.0. The molecule has 2 aromatic carbocycles. The third-order valence-electron chi connectivity index (χ3n) is 10.3. The summed E-state index contributed by atoms with van der Waals surface area (Å²) in [7, 11) is 6.45. The van der Waals surface area contributed by atoms with Gasteiger partial charge in [-0.1, -0.05) is 109 Å². The van der Waals surface area contributed by atoms with E-state index >= 15 is 0 Å². The molecule has 13 heteroatoms. The fourth-order valence-electron chi connectivity index (χ4n) is 6.86. The van der Waals surface area contributed by atoms with Gasteiger partial charge in [0.25, 0.3) is 0 Å². The van der Waals surface area contributed by atoms with Crippen LogP contribution in [0.15, 0.2) is 72.2 Å². The third-order valence-corrected chi connectivity index (χ3v) is 11.1. The number of hydrogen-bond acceptors (Lipinski definition) is 8. The zero-order valence-corrected chi connectivity index (χ0v) is 35.0. The maximum Gasteiger partial charge on any atom is 0.246 e. The number of nitrogens with two attached hydrogens (primary N) is 1. The molecule has 0 aliphatic heterocycles. The lowest BCUT2D eigenvalue weighted by Gasteiger charge is -2.40. The molecule has 0 saturated heterocycles. The van der Waals surface area contributed by atoms with Crippen molar-refractivity contribution in [1.82, 2.24) is 29.9 Å². The molecule has 0 radical (unpaired) electrons. The van der Waals surface area contributed by atoms with Gasteiger partial charge in [0.05, 0.1) is 12.6 Å². The summed E-state index contributed by atoms with van der Waals surface area (Å²) in [6.07, 6.45) is 2.86. The van der Waals surface area contributed by atoms with E-state index in [-0.39, 0.29) is 41.9 Å². The van der Waals surface area contributed by atoms with Gasteiger partial charge < -0.3 is 30.7 Å². The van der Waals surface area contributed by atoms with E-state index in [1.54, 1.807) is 39.3 Å². The van der Waals surface area contributed by atoms with Crippen molar-refractivity contribution in [3.63, 3.8) is 0 Å². The molecule has 0 aliphatic rings. The zero-order chi connectivity index (χ0) is 41.0. The number of aromatic nitrogens is 1. The van der Waals surface area contributed by atoms with Gasteiger partial charge >= 0.3 is 0 Å². The fourth-order valence-corrected chi connectivity index (χ4v) is 7.53. The number of hydrogen-bond donors (Lipinski definition) is 2. The van der Waals surface area contributed by atoms with Crippen LogP contribution >= 0.6 is 11.3 Å². The van der Waals surface area contributed by atoms with Crippen LogP contribution in [-0.2, 0) is 43.4 Å². The van der Waals surface area contributed by atoms with Crippen LogP contribution in [0.1, 0.15) is 64.1 Å². The van der Waals surface area contributed by atoms with E-state index in [0.29, 0.717) is 19.4 Å². The molecule has 3 aromatic rings. The van der Waals surface area contributed by atoms with Crippen LogP contribution in [0.3, 0.4) is 0 Å². The number of thiazole rings is 1. The summed E-state index contributed by atoms with van der Waals surface area (Å²) in [4.78, 5) is 80.9. The molecule has 3 rings (SSSR count). The average Bonchev–Trinajstić information content (AvgIpc) is 3.68. The summed E-state index contributed by atoms with van der Waals surface area (Å²) in [6, 6.07) is 14.4. The minimum absolute atomic E-state index is 0.249. The second-order valence-electron chi connectivity index (χ2n) is 15.2.